The number of anilines is 2. The van der Waals surface area contributed by atoms with Gasteiger partial charge in [-0.1, -0.05) is 42.5 Å². The van der Waals surface area contributed by atoms with Crippen LogP contribution in [0.25, 0.3) is 33.0 Å². The second kappa shape index (κ2) is 8.92. The van der Waals surface area contributed by atoms with Gasteiger partial charge in [0.2, 0.25) is 5.95 Å². The number of imidazole rings is 1. The molecule has 2 amide bonds. The molecule has 0 atom stereocenters. The van der Waals surface area contributed by atoms with Crippen LogP contribution in [0.2, 0.25) is 0 Å². The molecule has 2 aromatic heterocycles. The number of benzene rings is 4. The van der Waals surface area contributed by atoms with Gasteiger partial charge in [-0.15, -0.1) is 0 Å². The van der Waals surface area contributed by atoms with Crippen molar-refractivity contribution in [2.75, 3.05) is 17.2 Å². The quantitative estimate of drug-likeness (QED) is 0.284. The van der Waals surface area contributed by atoms with E-state index in [2.05, 4.69) is 20.6 Å². The van der Waals surface area contributed by atoms with Crippen molar-refractivity contribution in [1.29, 1.82) is 0 Å². The first kappa shape index (κ1) is 21.4. The molecule has 0 unspecified atom stereocenters. The van der Waals surface area contributed by atoms with E-state index in [1.54, 1.807) is 30.3 Å². The van der Waals surface area contributed by atoms with Crippen LogP contribution in [0.15, 0.2) is 95.4 Å². The number of ether oxygens (including phenoxy) is 1. The van der Waals surface area contributed by atoms with E-state index >= 15 is 0 Å². The molecule has 6 rings (SSSR count). The van der Waals surface area contributed by atoms with Crippen molar-refractivity contribution in [3.05, 3.63) is 96.6 Å². The van der Waals surface area contributed by atoms with Gasteiger partial charge in [0.1, 0.15) is 16.9 Å². The normalized spacial score (nSPS) is 11.1. The van der Waals surface area contributed by atoms with E-state index in [0.29, 0.717) is 17.2 Å². The summed E-state index contributed by atoms with van der Waals surface area (Å²) >= 11 is 0. The highest BCUT2D eigenvalue weighted by molar-refractivity contribution is 6.07. The topological polar surface area (TPSA) is 109 Å². The Kier molecular flexibility index (Phi) is 5.31. The van der Waals surface area contributed by atoms with Crippen LogP contribution in [0.5, 0.6) is 5.75 Å². The van der Waals surface area contributed by atoms with E-state index < -0.39 is 5.91 Å². The number of carbonyl (C=O) groups is 2. The Labute approximate surface area is 204 Å². The minimum absolute atomic E-state index is 0.271. The third-order valence-corrected chi connectivity index (χ3v) is 5.77. The van der Waals surface area contributed by atoms with Gasteiger partial charge in [0, 0.05) is 22.5 Å². The predicted octanol–water partition coefficient (Wildman–Crippen LogP) is 5.73. The zero-order valence-electron chi connectivity index (χ0n) is 18.9. The summed E-state index contributed by atoms with van der Waals surface area (Å²) in [5, 5.41) is 7.56. The lowest BCUT2D eigenvalue weighted by Gasteiger charge is -2.11. The Morgan fingerprint density at radius 1 is 0.833 bits per heavy atom. The first-order valence-electron chi connectivity index (χ1n) is 11.3. The van der Waals surface area contributed by atoms with Crippen LogP contribution in [-0.2, 0) is 4.79 Å². The molecule has 0 spiro atoms. The molecule has 8 heteroatoms. The van der Waals surface area contributed by atoms with E-state index in [9.17, 15) is 9.59 Å². The van der Waals surface area contributed by atoms with E-state index in [-0.39, 0.29) is 23.8 Å². The molecule has 176 valence electrons. The predicted molar refractivity (Wildman–Crippen MR) is 138 cm³/mol. The lowest BCUT2D eigenvalue weighted by molar-refractivity contribution is -0.118. The number of amides is 2. The van der Waals surface area contributed by atoms with Gasteiger partial charge in [0.05, 0.1) is 16.6 Å². The number of carbonyl (C=O) groups excluding carboxylic acids is 2. The molecule has 0 saturated carbocycles. The highest BCUT2D eigenvalue weighted by atomic mass is 16.5. The average Bonchev–Trinajstić information content (AvgIpc) is 3.47. The Morgan fingerprint density at radius 2 is 1.61 bits per heavy atom. The molecular formula is C28H20N4O4. The summed E-state index contributed by atoms with van der Waals surface area (Å²) in [7, 11) is 0. The average molecular weight is 476 g/mol. The van der Waals surface area contributed by atoms with Gasteiger partial charge in [0.15, 0.2) is 6.61 Å². The number of nitrogens with one attached hydrogen (secondary N) is 3. The first-order chi connectivity index (χ1) is 17.6. The molecule has 0 fully saturated rings. The molecule has 0 radical (unpaired) electrons. The standard InChI is InChI=1S/C28H20N4O4/c33-26(29-17-13-14-19-18-7-1-6-12-24(18)36-25(19)15-17)16-35-23-11-5-2-8-20(23)27(34)32-28-30-21-9-3-4-10-22(21)31-28/h1-15H,16H2,(H,29,33)(H2,30,31,32,34). The van der Waals surface area contributed by atoms with Crippen LogP contribution in [0.4, 0.5) is 11.6 Å². The van der Waals surface area contributed by atoms with E-state index in [1.807, 2.05) is 60.7 Å². The SMILES string of the molecule is O=C(COc1ccccc1C(=O)Nc1nc2ccccc2[nH]1)Nc1ccc2c(c1)oc1ccccc12. The van der Waals surface area contributed by atoms with Crippen molar-refractivity contribution >= 4 is 56.4 Å². The number of para-hydroxylation sites is 4. The van der Waals surface area contributed by atoms with Gasteiger partial charge in [-0.05, 0) is 42.5 Å². The summed E-state index contributed by atoms with van der Waals surface area (Å²) in [5.74, 6) is -0.151. The van der Waals surface area contributed by atoms with Crippen molar-refractivity contribution < 1.29 is 18.7 Å². The van der Waals surface area contributed by atoms with E-state index in [4.69, 9.17) is 9.15 Å². The highest BCUT2D eigenvalue weighted by Crippen LogP contribution is 2.30. The molecule has 0 saturated heterocycles. The van der Waals surface area contributed by atoms with Crippen LogP contribution >= 0.6 is 0 Å². The Bertz CT molecular complexity index is 1720. The first-order valence-corrected chi connectivity index (χ1v) is 11.3. The molecule has 3 N–H and O–H groups in total. The van der Waals surface area contributed by atoms with E-state index in [1.165, 1.54) is 0 Å². The Balaban J connectivity index is 1.13. The minimum atomic E-state index is -0.402. The summed E-state index contributed by atoms with van der Waals surface area (Å²) in [5.41, 5.74) is 3.91. The van der Waals surface area contributed by atoms with Gasteiger partial charge in [-0.2, -0.15) is 0 Å². The molecule has 0 aliphatic rings. The van der Waals surface area contributed by atoms with Crippen molar-refractivity contribution in [1.82, 2.24) is 9.97 Å². The number of hydrogen-bond donors (Lipinski definition) is 3. The number of aromatic nitrogens is 2. The molecule has 8 nitrogen and oxygen atoms in total. The maximum Gasteiger partial charge on any atom is 0.262 e. The Morgan fingerprint density at radius 3 is 2.53 bits per heavy atom. The number of nitrogens with zero attached hydrogens (tertiary/aromatic N) is 1. The lowest BCUT2D eigenvalue weighted by atomic mass is 10.1. The van der Waals surface area contributed by atoms with Gasteiger partial charge in [0.25, 0.3) is 11.8 Å². The molecule has 0 bridgehead atoms. The zero-order valence-corrected chi connectivity index (χ0v) is 18.9. The molecule has 4 aromatic carbocycles. The van der Waals surface area contributed by atoms with Crippen LogP contribution in [0, 0.1) is 0 Å². The van der Waals surface area contributed by atoms with Crippen LogP contribution in [0.3, 0.4) is 0 Å². The highest BCUT2D eigenvalue weighted by Gasteiger charge is 2.16. The maximum absolute atomic E-state index is 12.9. The fraction of sp³-hybridized carbons (Fsp3) is 0.0357. The second-order valence-electron chi connectivity index (χ2n) is 8.20. The van der Waals surface area contributed by atoms with Gasteiger partial charge in [-0.3, -0.25) is 14.9 Å². The summed E-state index contributed by atoms with van der Waals surface area (Å²) in [6, 6.07) is 27.5. The fourth-order valence-electron chi connectivity index (χ4n) is 4.11. The monoisotopic (exact) mass is 476 g/mol. The van der Waals surface area contributed by atoms with Gasteiger partial charge >= 0.3 is 0 Å². The fourth-order valence-corrected chi connectivity index (χ4v) is 4.11. The molecule has 36 heavy (non-hydrogen) atoms. The largest absolute Gasteiger partial charge is 0.483 e. The molecule has 0 aliphatic carbocycles. The van der Waals surface area contributed by atoms with Crippen LogP contribution in [0.1, 0.15) is 10.4 Å². The maximum atomic E-state index is 12.9. The molecule has 0 aliphatic heterocycles. The van der Waals surface area contributed by atoms with Gasteiger partial charge < -0.3 is 19.5 Å². The second-order valence-corrected chi connectivity index (χ2v) is 8.20. The third-order valence-electron chi connectivity index (χ3n) is 5.77. The number of H-pyrrole nitrogens is 1. The lowest BCUT2D eigenvalue weighted by Crippen LogP contribution is -2.21. The van der Waals surface area contributed by atoms with Crippen molar-refractivity contribution in [3.8, 4) is 5.75 Å². The zero-order chi connectivity index (χ0) is 24.5. The number of hydrogen-bond acceptors (Lipinski definition) is 5. The third kappa shape index (κ3) is 4.12. The van der Waals surface area contributed by atoms with Crippen molar-refractivity contribution in [2.24, 2.45) is 0 Å². The number of fused-ring (bicyclic) bond motifs is 4. The number of aromatic amines is 1. The summed E-state index contributed by atoms with van der Waals surface area (Å²) in [6.07, 6.45) is 0. The van der Waals surface area contributed by atoms with Crippen molar-refractivity contribution in [3.63, 3.8) is 0 Å². The summed E-state index contributed by atoms with van der Waals surface area (Å²) < 4.78 is 11.6. The van der Waals surface area contributed by atoms with Crippen LogP contribution in [-0.4, -0.2) is 28.4 Å². The van der Waals surface area contributed by atoms with Crippen LogP contribution < -0.4 is 15.4 Å². The van der Waals surface area contributed by atoms with Crippen molar-refractivity contribution in [2.45, 2.75) is 0 Å². The molecule has 6 aromatic rings. The number of furan rings is 1. The molecule has 2 heterocycles. The molecular weight excluding hydrogens is 456 g/mol. The van der Waals surface area contributed by atoms with E-state index in [0.717, 1.165) is 27.4 Å². The summed E-state index contributed by atoms with van der Waals surface area (Å²) in [4.78, 5) is 32.9. The minimum Gasteiger partial charge on any atom is -0.483 e. The smallest absolute Gasteiger partial charge is 0.262 e. The van der Waals surface area contributed by atoms with Gasteiger partial charge in [-0.25, -0.2) is 4.98 Å². The summed E-state index contributed by atoms with van der Waals surface area (Å²) in [6.45, 7) is -0.271. The Hall–Kier alpha value is -5.11. The number of rotatable bonds is 6.